The monoisotopic (exact) mass is 410 g/mol. The molecular formula is C22H19ClN2O2S. The van der Waals surface area contributed by atoms with Gasteiger partial charge in [-0.05, 0) is 55.5 Å². The summed E-state index contributed by atoms with van der Waals surface area (Å²) in [6.45, 7) is 1.85. The van der Waals surface area contributed by atoms with Crippen molar-refractivity contribution in [2.45, 2.75) is 17.1 Å². The van der Waals surface area contributed by atoms with Crippen molar-refractivity contribution in [3.05, 3.63) is 89.4 Å². The van der Waals surface area contributed by atoms with Crippen LogP contribution in [0.25, 0.3) is 0 Å². The van der Waals surface area contributed by atoms with Crippen LogP contribution in [0.5, 0.6) is 0 Å². The molecule has 0 fully saturated rings. The maximum absolute atomic E-state index is 12.4. The Balaban J connectivity index is 1.62. The van der Waals surface area contributed by atoms with Crippen molar-refractivity contribution >= 4 is 46.6 Å². The van der Waals surface area contributed by atoms with E-state index in [1.807, 2.05) is 55.5 Å². The predicted molar refractivity (Wildman–Crippen MR) is 116 cm³/mol. The molecule has 0 saturated carbocycles. The van der Waals surface area contributed by atoms with E-state index in [0.29, 0.717) is 16.3 Å². The van der Waals surface area contributed by atoms with Gasteiger partial charge in [0.15, 0.2) is 0 Å². The molecule has 6 heteroatoms. The van der Waals surface area contributed by atoms with Gasteiger partial charge in [0.2, 0.25) is 5.91 Å². The Morgan fingerprint density at radius 2 is 1.57 bits per heavy atom. The first kappa shape index (κ1) is 20.0. The fourth-order valence-electron chi connectivity index (χ4n) is 2.50. The van der Waals surface area contributed by atoms with E-state index in [9.17, 15) is 9.59 Å². The molecule has 2 amide bonds. The molecule has 28 heavy (non-hydrogen) atoms. The maximum Gasteiger partial charge on any atom is 0.255 e. The quantitative estimate of drug-likeness (QED) is 0.511. The molecule has 0 aromatic heterocycles. The van der Waals surface area contributed by atoms with Crippen LogP contribution < -0.4 is 10.6 Å². The fraction of sp³-hybridized carbons (Fsp3) is 0.0909. The number of carbonyl (C=O) groups is 2. The minimum Gasteiger partial charge on any atom is -0.325 e. The lowest BCUT2D eigenvalue weighted by atomic mass is 10.2. The zero-order valence-corrected chi connectivity index (χ0v) is 16.8. The van der Waals surface area contributed by atoms with Gasteiger partial charge in [-0.25, -0.2) is 0 Å². The van der Waals surface area contributed by atoms with Gasteiger partial charge in [0.1, 0.15) is 0 Å². The van der Waals surface area contributed by atoms with Crippen LogP contribution in [0, 0.1) is 0 Å². The molecule has 3 aromatic carbocycles. The average Bonchev–Trinajstić information content (AvgIpc) is 2.69. The third-order valence-electron chi connectivity index (χ3n) is 3.90. The van der Waals surface area contributed by atoms with E-state index in [1.165, 1.54) is 11.8 Å². The van der Waals surface area contributed by atoms with Crippen molar-refractivity contribution in [1.82, 2.24) is 0 Å². The molecular weight excluding hydrogens is 392 g/mol. The second-order valence-electron chi connectivity index (χ2n) is 6.11. The normalized spacial score (nSPS) is 11.5. The molecule has 0 heterocycles. The van der Waals surface area contributed by atoms with Gasteiger partial charge in [-0.3, -0.25) is 9.59 Å². The summed E-state index contributed by atoms with van der Waals surface area (Å²) in [7, 11) is 0. The van der Waals surface area contributed by atoms with E-state index in [0.717, 1.165) is 10.6 Å². The molecule has 0 aliphatic heterocycles. The van der Waals surface area contributed by atoms with E-state index in [2.05, 4.69) is 10.6 Å². The number of para-hydroxylation sites is 1. The van der Waals surface area contributed by atoms with Crippen LogP contribution in [0.3, 0.4) is 0 Å². The Hall–Kier alpha value is -2.76. The van der Waals surface area contributed by atoms with Crippen LogP contribution in [0.2, 0.25) is 5.02 Å². The summed E-state index contributed by atoms with van der Waals surface area (Å²) in [4.78, 5) is 25.6. The van der Waals surface area contributed by atoms with E-state index in [-0.39, 0.29) is 17.1 Å². The molecule has 3 aromatic rings. The molecule has 4 nitrogen and oxygen atoms in total. The standard InChI is InChI=1S/C22H19ClN2O2S/c1-15(21(26)24-18-9-3-2-4-10-18)28-20-12-6-11-19(14-20)25-22(27)16-7-5-8-17(23)13-16/h2-15H,1H3,(H,24,26)(H,25,27). The summed E-state index contributed by atoms with van der Waals surface area (Å²) in [5.74, 6) is -0.316. The van der Waals surface area contributed by atoms with Gasteiger partial charge < -0.3 is 10.6 Å². The molecule has 2 N–H and O–H groups in total. The first-order chi connectivity index (χ1) is 13.5. The number of carbonyl (C=O) groups excluding carboxylic acids is 2. The minimum atomic E-state index is -0.293. The summed E-state index contributed by atoms with van der Waals surface area (Å²) in [5.41, 5.74) is 1.91. The number of thioether (sulfide) groups is 1. The summed E-state index contributed by atoms with van der Waals surface area (Å²) < 4.78 is 0. The van der Waals surface area contributed by atoms with Gasteiger partial charge in [-0.1, -0.05) is 41.9 Å². The van der Waals surface area contributed by atoms with Crippen molar-refractivity contribution < 1.29 is 9.59 Å². The Bertz CT molecular complexity index is 979. The molecule has 0 aliphatic carbocycles. The van der Waals surface area contributed by atoms with E-state index >= 15 is 0 Å². The van der Waals surface area contributed by atoms with Crippen LogP contribution >= 0.6 is 23.4 Å². The Kier molecular flexibility index (Phi) is 6.74. The topological polar surface area (TPSA) is 58.2 Å². The molecule has 0 spiro atoms. The fourth-order valence-corrected chi connectivity index (χ4v) is 3.62. The lowest BCUT2D eigenvalue weighted by Gasteiger charge is -2.13. The molecule has 0 bridgehead atoms. The second kappa shape index (κ2) is 9.44. The van der Waals surface area contributed by atoms with Crippen LogP contribution in [0.4, 0.5) is 11.4 Å². The average molecular weight is 411 g/mol. The molecule has 142 valence electrons. The summed E-state index contributed by atoms with van der Waals surface area (Å²) >= 11 is 7.37. The molecule has 3 rings (SSSR count). The van der Waals surface area contributed by atoms with E-state index in [1.54, 1.807) is 30.3 Å². The SMILES string of the molecule is CC(Sc1cccc(NC(=O)c2cccc(Cl)c2)c1)C(=O)Nc1ccccc1. The van der Waals surface area contributed by atoms with E-state index < -0.39 is 0 Å². The van der Waals surface area contributed by atoms with Gasteiger partial charge >= 0.3 is 0 Å². The van der Waals surface area contributed by atoms with Crippen LogP contribution in [0.15, 0.2) is 83.8 Å². The number of hydrogen-bond acceptors (Lipinski definition) is 3. The second-order valence-corrected chi connectivity index (χ2v) is 7.96. The van der Waals surface area contributed by atoms with Gasteiger partial charge in [-0.2, -0.15) is 0 Å². The van der Waals surface area contributed by atoms with Gasteiger partial charge in [0.25, 0.3) is 5.91 Å². The zero-order valence-electron chi connectivity index (χ0n) is 15.2. The highest BCUT2D eigenvalue weighted by atomic mass is 35.5. The molecule has 1 atom stereocenters. The van der Waals surface area contributed by atoms with Crippen molar-refractivity contribution in [2.24, 2.45) is 0 Å². The smallest absolute Gasteiger partial charge is 0.255 e. The number of nitrogens with one attached hydrogen (secondary N) is 2. The van der Waals surface area contributed by atoms with Crippen molar-refractivity contribution in [2.75, 3.05) is 10.6 Å². The first-order valence-electron chi connectivity index (χ1n) is 8.71. The zero-order chi connectivity index (χ0) is 19.9. The van der Waals surface area contributed by atoms with Gasteiger partial charge in [0.05, 0.1) is 5.25 Å². The van der Waals surface area contributed by atoms with Crippen molar-refractivity contribution in [3.8, 4) is 0 Å². The van der Waals surface area contributed by atoms with E-state index in [4.69, 9.17) is 11.6 Å². The number of rotatable bonds is 6. The molecule has 0 saturated heterocycles. The predicted octanol–water partition coefficient (Wildman–Crippen LogP) is 5.71. The number of hydrogen-bond donors (Lipinski definition) is 2. The summed E-state index contributed by atoms with van der Waals surface area (Å²) in [6, 6.07) is 23.5. The number of anilines is 2. The highest BCUT2D eigenvalue weighted by Gasteiger charge is 2.15. The number of benzene rings is 3. The number of amides is 2. The van der Waals surface area contributed by atoms with Crippen LogP contribution in [-0.2, 0) is 4.79 Å². The minimum absolute atomic E-state index is 0.0791. The Morgan fingerprint density at radius 3 is 2.32 bits per heavy atom. The third-order valence-corrected chi connectivity index (χ3v) is 5.23. The maximum atomic E-state index is 12.4. The lowest BCUT2D eigenvalue weighted by Crippen LogP contribution is -2.22. The molecule has 1 unspecified atom stereocenters. The largest absolute Gasteiger partial charge is 0.325 e. The summed E-state index contributed by atoms with van der Waals surface area (Å²) in [6.07, 6.45) is 0. The Morgan fingerprint density at radius 1 is 0.857 bits per heavy atom. The Labute approximate surface area is 173 Å². The third kappa shape index (κ3) is 5.62. The number of halogens is 1. The molecule has 0 aliphatic rings. The highest BCUT2D eigenvalue weighted by Crippen LogP contribution is 2.27. The lowest BCUT2D eigenvalue weighted by molar-refractivity contribution is -0.115. The van der Waals surface area contributed by atoms with Gasteiger partial charge in [0, 0.05) is 26.9 Å². The van der Waals surface area contributed by atoms with Crippen LogP contribution in [-0.4, -0.2) is 17.1 Å². The van der Waals surface area contributed by atoms with Crippen molar-refractivity contribution in [1.29, 1.82) is 0 Å². The molecule has 0 radical (unpaired) electrons. The summed E-state index contributed by atoms with van der Waals surface area (Å²) in [5, 5.41) is 5.97. The first-order valence-corrected chi connectivity index (χ1v) is 9.96. The highest BCUT2D eigenvalue weighted by molar-refractivity contribution is 8.00. The van der Waals surface area contributed by atoms with Crippen molar-refractivity contribution in [3.63, 3.8) is 0 Å². The van der Waals surface area contributed by atoms with Gasteiger partial charge in [-0.15, -0.1) is 11.8 Å². The van der Waals surface area contributed by atoms with Crippen LogP contribution in [0.1, 0.15) is 17.3 Å².